The quantitative estimate of drug-likeness (QED) is 0.766. The summed E-state index contributed by atoms with van der Waals surface area (Å²) in [4.78, 5) is 15.5. The highest BCUT2D eigenvalue weighted by Gasteiger charge is 2.33. The molecule has 152 valence electrons. The van der Waals surface area contributed by atoms with E-state index in [1.807, 2.05) is 24.3 Å². The highest BCUT2D eigenvalue weighted by Crippen LogP contribution is 2.33. The Morgan fingerprint density at radius 3 is 2.46 bits per heavy atom. The largest absolute Gasteiger partial charge is 0.351 e. The van der Waals surface area contributed by atoms with Crippen molar-refractivity contribution < 1.29 is 13.2 Å². The molecular weight excluding hydrogens is 374 g/mol. The van der Waals surface area contributed by atoms with Gasteiger partial charge in [-0.1, -0.05) is 19.3 Å². The first kappa shape index (κ1) is 19.3. The van der Waals surface area contributed by atoms with Crippen molar-refractivity contribution >= 4 is 32.5 Å². The zero-order valence-corrected chi connectivity index (χ0v) is 17.4. The average molecular weight is 404 g/mol. The van der Waals surface area contributed by atoms with Crippen LogP contribution in [-0.4, -0.2) is 36.6 Å². The molecule has 2 fully saturated rings. The standard InChI is InChI=1S/C21H29N3O3S/c1-14(2)28(26,27)24(17-6-4-3-5-7-17)18-10-11-19-15(12-18)13-20(23-19)21(25)22-16-8-9-16/h10-14,16-17,23H,3-9H2,1-2H3,(H,22,25). The third-order valence-corrected chi connectivity index (χ3v) is 8.04. The third-order valence-electron chi connectivity index (χ3n) is 5.79. The number of carbonyl (C=O) groups is 1. The summed E-state index contributed by atoms with van der Waals surface area (Å²) in [6, 6.07) is 7.76. The van der Waals surface area contributed by atoms with Gasteiger partial charge in [0.15, 0.2) is 0 Å². The van der Waals surface area contributed by atoms with Gasteiger partial charge in [-0.25, -0.2) is 8.42 Å². The van der Waals surface area contributed by atoms with Crippen LogP contribution >= 0.6 is 0 Å². The van der Waals surface area contributed by atoms with E-state index in [1.54, 1.807) is 18.2 Å². The van der Waals surface area contributed by atoms with Crippen molar-refractivity contribution in [2.45, 2.75) is 76.1 Å². The number of hydrogen-bond donors (Lipinski definition) is 2. The van der Waals surface area contributed by atoms with Crippen molar-refractivity contribution in [2.24, 2.45) is 0 Å². The summed E-state index contributed by atoms with van der Waals surface area (Å²) in [5.41, 5.74) is 2.06. The molecule has 1 heterocycles. The van der Waals surface area contributed by atoms with Gasteiger partial charge in [0, 0.05) is 23.0 Å². The summed E-state index contributed by atoms with van der Waals surface area (Å²) < 4.78 is 28.0. The van der Waals surface area contributed by atoms with Crippen LogP contribution in [0.1, 0.15) is 69.3 Å². The van der Waals surface area contributed by atoms with E-state index in [-0.39, 0.29) is 11.9 Å². The minimum atomic E-state index is -3.43. The second-order valence-electron chi connectivity index (χ2n) is 8.38. The van der Waals surface area contributed by atoms with Gasteiger partial charge in [0.25, 0.3) is 5.91 Å². The van der Waals surface area contributed by atoms with Crippen LogP contribution in [0.15, 0.2) is 24.3 Å². The molecule has 2 aromatic rings. The van der Waals surface area contributed by atoms with Gasteiger partial charge in [-0.3, -0.25) is 9.10 Å². The molecule has 2 saturated carbocycles. The lowest BCUT2D eigenvalue weighted by atomic mass is 9.95. The lowest BCUT2D eigenvalue weighted by molar-refractivity contribution is 0.0947. The lowest BCUT2D eigenvalue weighted by Crippen LogP contribution is -2.44. The number of benzene rings is 1. The van der Waals surface area contributed by atoms with Crippen molar-refractivity contribution in [1.82, 2.24) is 10.3 Å². The topological polar surface area (TPSA) is 82.3 Å². The Hall–Kier alpha value is -2.02. The van der Waals surface area contributed by atoms with E-state index >= 15 is 0 Å². The molecule has 1 aromatic carbocycles. The molecule has 0 atom stereocenters. The summed E-state index contributed by atoms with van der Waals surface area (Å²) >= 11 is 0. The Labute approximate surface area is 166 Å². The maximum Gasteiger partial charge on any atom is 0.267 e. The van der Waals surface area contributed by atoms with Crippen LogP contribution in [-0.2, 0) is 10.0 Å². The predicted molar refractivity (Wildman–Crippen MR) is 112 cm³/mol. The third kappa shape index (κ3) is 3.77. The second-order valence-corrected chi connectivity index (χ2v) is 10.7. The van der Waals surface area contributed by atoms with Crippen molar-refractivity contribution in [3.63, 3.8) is 0 Å². The van der Waals surface area contributed by atoms with Gasteiger partial charge in [0.2, 0.25) is 10.0 Å². The second kappa shape index (κ2) is 7.43. The van der Waals surface area contributed by atoms with E-state index in [4.69, 9.17) is 0 Å². The summed E-state index contributed by atoms with van der Waals surface area (Å²) in [6.07, 6.45) is 7.17. The Kier molecular flexibility index (Phi) is 5.12. The van der Waals surface area contributed by atoms with E-state index in [0.717, 1.165) is 49.4 Å². The number of anilines is 1. The molecule has 1 aromatic heterocycles. The number of fused-ring (bicyclic) bond motifs is 1. The van der Waals surface area contributed by atoms with Gasteiger partial charge in [-0.15, -0.1) is 0 Å². The molecule has 2 aliphatic carbocycles. The summed E-state index contributed by atoms with van der Waals surface area (Å²) in [7, 11) is -3.43. The fourth-order valence-electron chi connectivity index (χ4n) is 3.98. The zero-order valence-electron chi connectivity index (χ0n) is 16.6. The van der Waals surface area contributed by atoms with Crippen molar-refractivity contribution in [1.29, 1.82) is 0 Å². The molecule has 7 heteroatoms. The Balaban J connectivity index is 1.69. The fourth-order valence-corrected chi connectivity index (χ4v) is 5.47. The van der Waals surface area contributed by atoms with Crippen LogP contribution in [0, 0.1) is 0 Å². The maximum atomic E-state index is 13.2. The van der Waals surface area contributed by atoms with E-state index < -0.39 is 15.3 Å². The summed E-state index contributed by atoms with van der Waals surface area (Å²) in [5.74, 6) is -0.0980. The molecule has 0 radical (unpaired) electrons. The van der Waals surface area contributed by atoms with Gasteiger partial charge in [-0.05, 0) is 63.8 Å². The molecule has 4 rings (SSSR count). The average Bonchev–Trinajstić information content (AvgIpc) is 3.37. The molecule has 6 nitrogen and oxygen atoms in total. The van der Waals surface area contributed by atoms with E-state index in [9.17, 15) is 13.2 Å². The van der Waals surface area contributed by atoms with Crippen molar-refractivity contribution in [2.75, 3.05) is 4.31 Å². The van der Waals surface area contributed by atoms with Crippen molar-refractivity contribution in [3.05, 3.63) is 30.0 Å². The van der Waals surface area contributed by atoms with Crippen LogP contribution in [0.2, 0.25) is 0 Å². The van der Waals surface area contributed by atoms with E-state index in [2.05, 4.69) is 10.3 Å². The molecule has 0 unspecified atom stereocenters. The minimum absolute atomic E-state index is 0.00942. The zero-order chi connectivity index (χ0) is 19.9. The van der Waals surface area contributed by atoms with Crippen LogP contribution < -0.4 is 9.62 Å². The van der Waals surface area contributed by atoms with Gasteiger partial charge >= 0.3 is 0 Å². The van der Waals surface area contributed by atoms with Crippen LogP contribution in [0.25, 0.3) is 10.9 Å². The first-order valence-electron chi connectivity index (χ1n) is 10.3. The molecule has 1 amide bonds. The van der Waals surface area contributed by atoms with Crippen molar-refractivity contribution in [3.8, 4) is 0 Å². The summed E-state index contributed by atoms with van der Waals surface area (Å²) in [5, 5.41) is 3.37. The molecule has 28 heavy (non-hydrogen) atoms. The maximum absolute atomic E-state index is 13.2. The van der Waals surface area contributed by atoms with Crippen LogP contribution in [0.3, 0.4) is 0 Å². The Morgan fingerprint density at radius 1 is 1.11 bits per heavy atom. The normalized spacial score (nSPS) is 18.5. The molecule has 0 aliphatic heterocycles. The number of aromatic nitrogens is 1. The van der Waals surface area contributed by atoms with Gasteiger partial charge < -0.3 is 10.3 Å². The van der Waals surface area contributed by atoms with Gasteiger partial charge in [0.1, 0.15) is 5.69 Å². The van der Waals surface area contributed by atoms with Crippen LogP contribution in [0.4, 0.5) is 5.69 Å². The minimum Gasteiger partial charge on any atom is -0.351 e. The number of rotatable bonds is 6. The molecular formula is C21H29N3O3S. The number of amides is 1. The SMILES string of the molecule is CC(C)S(=O)(=O)N(c1ccc2[nH]c(C(=O)NC3CC3)cc2c1)C1CCCCC1. The molecule has 0 spiro atoms. The van der Waals surface area contributed by atoms with Crippen LogP contribution in [0.5, 0.6) is 0 Å². The number of aromatic amines is 1. The Morgan fingerprint density at radius 2 is 1.82 bits per heavy atom. The van der Waals surface area contributed by atoms with E-state index in [1.165, 1.54) is 6.42 Å². The van der Waals surface area contributed by atoms with Gasteiger partial charge in [-0.2, -0.15) is 0 Å². The summed E-state index contributed by atoms with van der Waals surface area (Å²) in [6.45, 7) is 3.47. The number of H-pyrrole nitrogens is 1. The number of hydrogen-bond acceptors (Lipinski definition) is 3. The first-order valence-corrected chi connectivity index (χ1v) is 11.8. The predicted octanol–water partition coefficient (Wildman–Crippen LogP) is 3.94. The number of carbonyl (C=O) groups excluding carboxylic acids is 1. The number of nitrogens with one attached hydrogen (secondary N) is 2. The highest BCUT2D eigenvalue weighted by molar-refractivity contribution is 7.93. The molecule has 0 bridgehead atoms. The number of nitrogens with zero attached hydrogens (tertiary/aromatic N) is 1. The smallest absolute Gasteiger partial charge is 0.267 e. The number of sulfonamides is 1. The monoisotopic (exact) mass is 403 g/mol. The first-order chi connectivity index (χ1) is 13.4. The fraction of sp³-hybridized carbons (Fsp3) is 0.571. The lowest BCUT2D eigenvalue weighted by Gasteiger charge is -2.36. The highest BCUT2D eigenvalue weighted by atomic mass is 32.2. The molecule has 0 saturated heterocycles. The Bertz CT molecular complexity index is 970. The van der Waals surface area contributed by atoms with Gasteiger partial charge in [0.05, 0.1) is 10.9 Å². The molecule has 2 N–H and O–H groups in total. The van der Waals surface area contributed by atoms with E-state index in [0.29, 0.717) is 17.4 Å². The molecule has 2 aliphatic rings.